The van der Waals surface area contributed by atoms with Gasteiger partial charge < -0.3 is 4.74 Å². The molecule has 0 N–H and O–H groups in total. The molecule has 0 aliphatic heterocycles. The van der Waals surface area contributed by atoms with Gasteiger partial charge in [0.25, 0.3) is 0 Å². The van der Waals surface area contributed by atoms with Crippen LogP contribution in [-0.2, 0) is 16.0 Å². The smallest absolute Gasteiger partial charge is 0.410 e. The Morgan fingerprint density at radius 2 is 1.71 bits per heavy atom. The summed E-state index contributed by atoms with van der Waals surface area (Å²) in [6.45, 7) is 9.26. The van der Waals surface area contributed by atoms with E-state index < -0.39 is 11.7 Å². The molecule has 0 spiro atoms. The summed E-state index contributed by atoms with van der Waals surface area (Å²) in [4.78, 5) is 25.8. The lowest BCUT2D eigenvalue weighted by atomic mass is 10.1. The van der Waals surface area contributed by atoms with E-state index in [-0.39, 0.29) is 18.4 Å². The van der Waals surface area contributed by atoms with E-state index in [9.17, 15) is 9.59 Å². The molecule has 0 bridgehead atoms. The molecule has 0 aliphatic carbocycles. The first kappa shape index (κ1) is 17.2. The van der Waals surface area contributed by atoms with Gasteiger partial charge in [0.1, 0.15) is 5.60 Å². The van der Waals surface area contributed by atoms with Gasteiger partial charge in [0, 0.05) is 12.5 Å². The predicted molar refractivity (Wildman–Crippen MR) is 83.2 cm³/mol. The van der Waals surface area contributed by atoms with E-state index >= 15 is 0 Å². The fourth-order valence-electron chi connectivity index (χ4n) is 1.85. The zero-order chi connectivity index (χ0) is 16.0. The van der Waals surface area contributed by atoms with Crippen LogP contribution in [0.25, 0.3) is 0 Å². The van der Waals surface area contributed by atoms with Crippen molar-refractivity contribution >= 4 is 11.9 Å². The second kappa shape index (κ2) is 7.25. The Kier molecular flexibility index (Phi) is 5.94. The van der Waals surface area contributed by atoms with Gasteiger partial charge in [-0.25, -0.2) is 4.79 Å². The minimum absolute atomic E-state index is 0.000703. The van der Waals surface area contributed by atoms with E-state index in [1.807, 2.05) is 65.0 Å². The molecule has 1 aromatic carbocycles. The van der Waals surface area contributed by atoms with Gasteiger partial charge in [-0.1, -0.05) is 30.3 Å². The number of ketones is 1. The lowest BCUT2D eigenvalue weighted by Crippen LogP contribution is -2.44. The van der Waals surface area contributed by atoms with Crippen LogP contribution in [0.2, 0.25) is 0 Å². The standard InChI is InChI=1S/C17H25NO3/c1-13(2)18(16(20)21-17(3,4)5)12-15(19)11-14-9-7-6-8-10-14/h6-10,13H,11-12H2,1-5H3. The van der Waals surface area contributed by atoms with Crippen molar-refractivity contribution in [1.82, 2.24) is 4.90 Å². The predicted octanol–water partition coefficient (Wildman–Crippen LogP) is 3.44. The molecule has 0 fully saturated rings. The normalized spacial score (nSPS) is 11.3. The second-order valence-electron chi connectivity index (χ2n) is 6.40. The quantitative estimate of drug-likeness (QED) is 0.835. The Balaban J connectivity index is 2.66. The summed E-state index contributed by atoms with van der Waals surface area (Å²) in [7, 11) is 0. The van der Waals surface area contributed by atoms with Gasteiger partial charge in [-0.2, -0.15) is 0 Å². The molecule has 4 nitrogen and oxygen atoms in total. The molecule has 21 heavy (non-hydrogen) atoms. The van der Waals surface area contributed by atoms with Gasteiger partial charge in [-0.15, -0.1) is 0 Å². The molecule has 0 saturated carbocycles. The monoisotopic (exact) mass is 291 g/mol. The number of Topliss-reactive ketones (excluding diaryl/α,β-unsaturated/α-hetero) is 1. The van der Waals surface area contributed by atoms with Crippen molar-refractivity contribution in [2.24, 2.45) is 0 Å². The summed E-state index contributed by atoms with van der Waals surface area (Å²) in [5.74, 6) is 0.000703. The number of hydrogen-bond donors (Lipinski definition) is 0. The largest absolute Gasteiger partial charge is 0.444 e. The SMILES string of the molecule is CC(C)N(CC(=O)Cc1ccccc1)C(=O)OC(C)(C)C. The molecule has 1 aromatic rings. The molecule has 1 rings (SSSR count). The minimum Gasteiger partial charge on any atom is -0.444 e. The van der Waals surface area contributed by atoms with Crippen LogP contribution in [0.4, 0.5) is 4.79 Å². The van der Waals surface area contributed by atoms with Crippen molar-refractivity contribution in [2.45, 2.75) is 52.7 Å². The number of carbonyl (C=O) groups is 2. The highest BCUT2D eigenvalue weighted by atomic mass is 16.6. The summed E-state index contributed by atoms with van der Waals surface area (Å²) in [5, 5.41) is 0. The Bertz CT molecular complexity index is 475. The summed E-state index contributed by atoms with van der Waals surface area (Å²) in [5.41, 5.74) is 0.391. The van der Waals surface area contributed by atoms with Gasteiger partial charge in [0.05, 0.1) is 6.54 Å². The van der Waals surface area contributed by atoms with Gasteiger partial charge >= 0.3 is 6.09 Å². The van der Waals surface area contributed by atoms with Gasteiger partial charge in [0.2, 0.25) is 0 Å². The molecule has 0 aromatic heterocycles. The molecule has 1 amide bonds. The molecule has 0 atom stereocenters. The summed E-state index contributed by atoms with van der Waals surface area (Å²) >= 11 is 0. The minimum atomic E-state index is -0.563. The summed E-state index contributed by atoms with van der Waals surface area (Å²) < 4.78 is 5.35. The van der Waals surface area contributed by atoms with Crippen molar-refractivity contribution in [1.29, 1.82) is 0 Å². The average Bonchev–Trinajstić information content (AvgIpc) is 2.34. The van der Waals surface area contributed by atoms with Crippen molar-refractivity contribution in [3.05, 3.63) is 35.9 Å². The van der Waals surface area contributed by atoms with Gasteiger partial charge in [0.15, 0.2) is 5.78 Å². The highest BCUT2D eigenvalue weighted by molar-refractivity contribution is 5.86. The fraction of sp³-hybridized carbons (Fsp3) is 0.529. The first-order valence-electron chi connectivity index (χ1n) is 7.24. The number of hydrogen-bond acceptors (Lipinski definition) is 3. The zero-order valence-corrected chi connectivity index (χ0v) is 13.6. The van der Waals surface area contributed by atoms with E-state index in [1.54, 1.807) is 0 Å². The second-order valence-corrected chi connectivity index (χ2v) is 6.40. The maximum Gasteiger partial charge on any atom is 0.410 e. The Morgan fingerprint density at radius 1 is 1.14 bits per heavy atom. The van der Waals surface area contributed by atoms with E-state index in [2.05, 4.69) is 0 Å². The van der Waals surface area contributed by atoms with Gasteiger partial charge in [-0.05, 0) is 40.2 Å². The van der Waals surface area contributed by atoms with Crippen LogP contribution in [0, 0.1) is 0 Å². The fourth-order valence-corrected chi connectivity index (χ4v) is 1.85. The number of carbonyl (C=O) groups excluding carboxylic acids is 2. The van der Waals surface area contributed by atoms with Crippen LogP contribution in [0.15, 0.2) is 30.3 Å². The average molecular weight is 291 g/mol. The number of nitrogens with zero attached hydrogens (tertiary/aromatic N) is 1. The number of benzene rings is 1. The first-order valence-corrected chi connectivity index (χ1v) is 7.24. The van der Waals surface area contributed by atoms with Gasteiger partial charge in [-0.3, -0.25) is 9.69 Å². The van der Waals surface area contributed by atoms with Crippen molar-refractivity contribution in [3.8, 4) is 0 Å². The molecule has 0 aliphatic rings. The van der Waals surface area contributed by atoms with Crippen molar-refractivity contribution in [2.75, 3.05) is 6.54 Å². The van der Waals surface area contributed by atoms with E-state index in [4.69, 9.17) is 4.74 Å². The molecule has 4 heteroatoms. The molecule has 0 radical (unpaired) electrons. The lowest BCUT2D eigenvalue weighted by Gasteiger charge is -2.29. The molecule has 0 saturated heterocycles. The third kappa shape index (κ3) is 6.43. The van der Waals surface area contributed by atoms with E-state index in [0.717, 1.165) is 5.56 Å². The maximum absolute atomic E-state index is 12.1. The Labute approximate surface area is 127 Å². The summed E-state index contributed by atoms with van der Waals surface area (Å²) in [6, 6.07) is 9.44. The number of ether oxygens (including phenoxy) is 1. The summed E-state index contributed by atoms with van der Waals surface area (Å²) in [6.07, 6.45) is -0.119. The zero-order valence-electron chi connectivity index (χ0n) is 13.6. The highest BCUT2D eigenvalue weighted by Gasteiger charge is 2.25. The van der Waals surface area contributed by atoms with Crippen LogP contribution in [0.3, 0.4) is 0 Å². The molecular formula is C17H25NO3. The number of rotatable bonds is 5. The third-order valence-corrected chi connectivity index (χ3v) is 2.84. The molecule has 0 unspecified atom stereocenters. The maximum atomic E-state index is 12.1. The topological polar surface area (TPSA) is 46.6 Å². The van der Waals surface area contributed by atoms with Crippen LogP contribution in [0.5, 0.6) is 0 Å². The molecule has 0 heterocycles. The van der Waals surface area contributed by atoms with E-state index in [1.165, 1.54) is 4.90 Å². The lowest BCUT2D eigenvalue weighted by molar-refractivity contribution is -0.120. The molecular weight excluding hydrogens is 266 g/mol. The van der Waals surface area contributed by atoms with Crippen molar-refractivity contribution in [3.63, 3.8) is 0 Å². The van der Waals surface area contributed by atoms with Crippen LogP contribution in [-0.4, -0.2) is 35.0 Å². The number of amides is 1. The molecule has 116 valence electrons. The first-order chi connectivity index (χ1) is 9.69. The van der Waals surface area contributed by atoms with Crippen LogP contribution >= 0.6 is 0 Å². The highest BCUT2D eigenvalue weighted by Crippen LogP contribution is 2.12. The Hall–Kier alpha value is -1.84. The Morgan fingerprint density at radius 3 is 2.19 bits per heavy atom. The van der Waals surface area contributed by atoms with Crippen molar-refractivity contribution < 1.29 is 14.3 Å². The third-order valence-electron chi connectivity index (χ3n) is 2.84. The van der Waals surface area contributed by atoms with E-state index in [0.29, 0.717) is 6.42 Å². The van der Waals surface area contributed by atoms with Crippen LogP contribution < -0.4 is 0 Å². The van der Waals surface area contributed by atoms with Crippen LogP contribution in [0.1, 0.15) is 40.2 Å².